The lowest BCUT2D eigenvalue weighted by Gasteiger charge is -2.23. The Morgan fingerprint density at radius 2 is 0.742 bits per heavy atom. The van der Waals surface area contributed by atoms with Crippen molar-refractivity contribution >= 4 is 9.05 Å². The van der Waals surface area contributed by atoms with E-state index in [1.54, 1.807) is 20.8 Å². The second kappa shape index (κ2) is 24.6. The quantitative estimate of drug-likeness (QED) is 0.0577. The Morgan fingerprint density at radius 3 is 1.06 bits per heavy atom. The van der Waals surface area contributed by atoms with Gasteiger partial charge in [0.25, 0.3) is 0 Å². The third kappa shape index (κ3) is 20.3. The topological polar surface area (TPSA) is 64.6 Å². The van der Waals surface area contributed by atoms with Crippen LogP contribution in [0.4, 0.5) is 0 Å². The van der Waals surface area contributed by atoms with Gasteiger partial charge in [0, 0.05) is 6.61 Å². The molecular weight excluding hydrogens is 416 g/mol. The Balaban J connectivity index is 3.71. The minimum Gasteiger partial charge on any atom is -0.347 e. The van der Waals surface area contributed by atoms with Gasteiger partial charge in [-0.2, -0.15) is 13.7 Å². The van der Waals surface area contributed by atoms with Crippen LogP contribution >= 0.6 is 0 Å². The SMILES string of the molecule is CCCCCCCCCCCCCCCCCO[Si](OOCC)(OOCC)OOCC. The first-order valence-electron chi connectivity index (χ1n) is 12.8. The Morgan fingerprint density at radius 1 is 0.419 bits per heavy atom. The lowest BCUT2D eigenvalue weighted by atomic mass is 10.0. The average Bonchev–Trinajstić information content (AvgIpc) is 2.79. The molecule has 0 unspecified atom stereocenters. The van der Waals surface area contributed by atoms with E-state index in [0.29, 0.717) is 26.4 Å². The number of rotatable bonds is 26. The van der Waals surface area contributed by atoms with Crippen molar-refractivity contribution in [2.24, 2.45) is 0 Å². The molecule has 0 amide bonds. The fraction of sp³-hybridized carbons (Fsp3) is 1.00. The minimum atomic E-state index is -3.63. The summed E-state index contributed by atoms with van der Waals surface area (Å²) in [5, 5.41) is 0. The molecule has 0 spiro atoms. The Hall–Kier alpha value is -0.0631. The highest BCUT2D eigenvalue weighted by Crippen LogP contribution is 2.16. The van der Waals surface area contributed by atoms with Gasteiger partial charge in [-0.25, -0.2) is 14.7 Å². The van der Waals surface area contributed by atoms with Gasteiger partial charge in [0.2, 0.25) is 0 Å². The predicted octanol–water partition coefficient (Wildman–Crippen LogP) is 7.21. The summed E-state index contributed by atoms with van der Waals surface area (Å²) < 4.78 is 21.4. The number of hydrogen-bond donors (Lipinski definition) is 0. The highest BCUT2D eigenvalue weighted by molar-refractivity contribution is 6.52. The molecule has 0 N–H and O–H groups in total. The van der Waals surface area contributed by atoms with Crippen LogP contribution in [0.25, 0.3) is 0 Å². The van der Waals surface area contributed by atoms with Gasteiger partial charge in [-0.1, -0.05) is 96.8 Å². The van der Waals surface area contributed by atoms with Crippen molar-refractivity contribution in [1.82, 2.24) is 0 Å². The lowest BCUT2D eigenvalue weighted by molar-refractivity contribution is -0.385. The molecule has 0 aliphatic heterocycles. The van der Waals surface area contributed by atoms with Gasteiger partial charge in [0.05, 0.1) is 19.8 Å². The third-order valence-electron chi connectivity index (χ3n) is 4.86. The molecule has 7 nitrogen and oxygen atoms in total. The van der Waals surface area contributed by atoms with Crippen molar-refractivity contribution in [2.45, 2.75) is 124 Å². The standard InChI is InChI=1S/C23H50O7Si/c1-5-9-10-11-12-13-14-15-16-17-18-19-20-21-22-23-27-31(28-24-6-2,29-25-7-3)30-26-8-4/h5-23H2,1-4H3. The summed E-state index contributed by atoms with van der Waals surface area (Å²) in [4.78, 5) is 15.0. The van der Waals surface area contributed by atoms with E-state index < -0.39 is 9.05 Å². The molecule has 31 heavy (non-hydrogen) atoms. The van der Waals surface area contributed by atoms with Gasteiger partial charge in [0.15, 0.2) is 0 Å². The van der Waals surface area contributed by atoms with Crippen molar-refractivity contribution in [3.8, 4) is 0 Å². The van der Waals surface area contributed by atoms with Crippen LogP contribution in [0.5, 0.6) is 0 Å². The molecule has 0 aliphatic rings. The maximum Gasteiger partial charge on any atom is 0.764 e. The van der Waals surface area contributed by atoms with Gasteiger partial charge in [-0.3, -0.25) is 0 Å². The van der Waals surface area contributed by atoms with Crippen molar-refractivity contribution in [1.29, 1.82) is 0 Å². The van der Waals surface area contributed by atoms with Crippen LogP contribution in [0.3, 0.4) is 0 Å². The first-order chi connectivity index (χ1) is 15.2. The molecule has 0 radical (unpaired) electrons. The smallest absolute Gasteiger partial charge is 0.347 e. The van der Waals surface area contributed by atoms with Crippen LogP contribution in [0, 0.1) is 0 Å². The molecule has 8 heteroatoms. The molecule has 0 aromatic rings. The fourth-order valence-corrected chi connectivity index (χ4v) is 4.59. The maximum atomic E-state index is 5.75. The zero-order chi connectivity index (χ0) is 22.9. The maximum absolute atomic E-state index is 5.75. The number of hydrogen-bond acceptors (Lipinski definition) is 7. The van der Waals surface area contributed by atoms with Crippen LogP contribution in [-0.4, -0.2) is 35.5 Å². The van der Waals surface area contributed by atoms with Gasteiger partial charge in [-0.15, -0.1) is 0 Å². The molecule has 0 saturated heterocycles. The second-order valence-corrected chi connectivity index (χ2v) is 9.56. The summed E-state index contributed by atoms with van der Waals surface area (Å²) in [6.45, 7) is 9.13. The van der Waals surface area contributed by atoms with Gasteiger partial charge in [0.1, 0.15) is 0 Å². The van der Waals surface area contributed by atoms with E-state index >= 15 is 0 Å². The van der Waals surface area contributed by atoms with Gasteiger partial charge >= 0.3 is 9.05 Å². The van der Waals surface area contributed by atoms with Crippen LogP contribution in [0.1, 0.15) is 124 Å². The molecule has 0 bridgehead atoms. The molecule has 188 valence electrons. The highest BCUT2D eigenvalue weighted by atomic mass is 28.4. The van der Waals surface area contributed by atoms with Crippen molar-refractivity contribution in [3.05, 3.63) is 0 Å². The van der Waals surface area contributed by atoms with Gasteiger partial charge in [-0.05, 0) is 27.2 Å². The van der Waals surface area contributed by atoms with Crippen LogP contribution < -0.4 is 0 Å². The summed E-state index contributed by atoms with van der Waals surface area (Å²) in [5.41, 5.74) is 0. The Labute approximate surface area is 192 Å². The van der Waals surface area contributed by atoms with E-state index in [9.17, 15) is 0 Å². The zero-order valence-corrected chi connectivity index (χ0v) is 21.8. The molecule has 0 aromatic carbocycles. The van der Waals surface area contributed by atoms with E-state index in [4.69, 9.17) is 32.8 Å². The van der Waals surface area contributed by atoms with Crippen LogP contribution in [0.15, 0.2) is 0 Å². The molecule has 0 atom stereocenters. The van der Waals surface area contributed by atoms with E-state index in [0.717, 1.165) is 12.8 Å². The average molecular weight is 467 g/mol. The fourth-order valence-electron chi connectivity index (χ4n) is 3.18. The normalized spacial score (nSPS) is 12.0. The minimum absolute atomic E-state index is 0.335. The monoisotopic (exact) mass is 466 g/mol. The predicted molar refractivity (Wildman–Crippen MR) is 125 cm³/mol. The number of unbranched alkanes of at least 4 members (excludes halogenated alkanes) is 14. The van der Waals surface area contributed by atoms with Crippen molar-refractivity contribution in [2.75, 3.05) is 26.4 Å². The molecule has 0 rings (SSSR count). The van der Waals surface area contributed by atoms with Crippen LogP contribution in [-0.2, 0) is 32.8 Å². The Kier molecular flexibility index (Phi) is 24.5. The van der Waals surface area contributed by atoms with E-state index in [2.05, 4.69) is 6.92 Å². The first kappa shape index (κ1) is 30.9. The van der Waals surface area contributed by atoms with E-state index in [1.807, 2.05) is 0 Å². The van der Waals surface area contributed by atoms with E-state index in [1.165, 1.54) is 83.5 Å². The van der Waals surface area contributed by atoms with Gasteiger partial charge < -0.3 is 4.43 Å². The summed E-state index contributed by atoms with van der Waals surface area (Å²) >= 11 is 0. The van der Waals surface area contributed by atoms with Crippen molar-refractivity contribution < 1.29 is 32.8 Å². The molecule has 0 fully saturated rings. The highest BCUT2D eigenvalue weighted by Gasteiger charge is 2.52. The summed E-state index contributed by atoms with van der Waals surface area (Å²) in [7, 11) is -3.63. The summed E-state index contributed by atoms with van der Waals surface area (Å²) in [5.74, 6) is 0. The molecule has 0 aliphatic carbocycles. The van der Waals surface area contributed by atoms with E-state index in [-0.39, 0.29) is 0 Å². The summed E-state index contributed by atoms with van der Waals surface area (Å²) in [6, 6.07) is 0. The third-order valence-corrected chi connectivity index (χ3v) is 6.39. The Bertz CT molecular complexity index is 326. The lowest BCUT2D eigenvalue weighted by Crippen LogP contribution is -2.49. The molecular formula is C23H50O7Si. The molecule has 0 heterocycles. The summed E-state index contributed by atoms with van der Waals surface area (Å²) in [6.07, 6.45) is 19.8. The largest absolute Gasteiger partial charge is 0.764 e. The van der Waals surface area contributed by atoms with Crippen molar-refractivity contribution in [3.63, 3.8) is 0 Å². The van der Waals surface area contributed by atoms with Crippen LogP contribution in [0.2, 0.25) is 0 Å². The molecule has 0 saturated carbocycles. The second-order valence-electron chi connectivity index (χ2n) is 7.77. The molecule has 0 aromatic heterocycles. The zero-order valence-electron chi connectivity index (χ0n) is 20.8. The first-order valence-corrected chi connectivity index (χ1v) is 14.4.